The standard InChI is InChI=1S/C20H19NO2S4/c1-20(15-12-8-5-9-13-15)18(24)17(27(3,22)23)16(21(20)19(25)26-2)14-10-6-4-7-11-14/h4-13H,1-3H3. The van der Waals surface area contributed by atoms with Crippen molar-refractivity contribution in [2.45, 2.75) is 12.5 Å². The zero-order valence-corrected chi connectivity index (χ0v) is 18.4. The highest BCUT2D eigenvalue weighted by Crippen LogP contribution is 2.49. The normalized spacial score (nSPS) is 20.3. The van der Waals surface area contributed by atoms with Gasteiger partial charge in [0.2, 0.25) is 0 Å². The second kappa shape index (κ2) is 7.47. The van der Waals surface area contributed by atoms with Gasteiger partial charge in [0.05, 0.1) is 10.6 Å². The van der Waals surface area contributed by atoms with Crippen LogP contribution in [0.4, 0.5) is 0 Å². The average Bonchev–Trinajstić information content (AvgIpc) is 2.91. The molecule has 3 nitrogen and oxygen atoms in total. The van der Waals surface area contributed by atoms with Crippen molar-refractivity contribution >= 4 is 60.9 Å². The van der Waals surface area contributed by atoms with E-state index in [1.54, 1.807) is 0 Å². The lowest BCUT2D eigenvalue weighted by atomic mass is 9.89. The van der Waals surface area contributed by atoms with Crippen LogP contribution in [-0.4, -0.2) is 35.0 Å². The number of nitrogens with zero attached hydrogens (tertiary/aromatic N) is 1. The van der Waals surface area contributed by atoms with E-state index in [1.807, 2.05) is 78.7 Å². The molecule has 2 aromatic rings. The zero-order valence-electron chi connectivity index (χ0n) is 15.2. The molecule has 7 heteroatoms. The molecule has 27 heavy (non-hydrogen) atoms. The molecule has 3 rings (SSSR count). The molecule has 1 heterocycles. The number of hydrogen-bond acceptors (Lipinski definition) is 5. The molecule has 0 saturated heterocycles. The summed E-state index contributed by atoms with van der Waals surface area (Å²) in [7, 11) is -3.57. The predicted octanol–water partition coefficient (Wildman–Crippen LogP) is 4.65. The number of thiocarbonyl (C=S) groups is 2. The number of sulfone groups is 1. The van der Waals surface area contributed by atoms with Crippen molar-refractivity contribution in [1.82, 2.24) is 4.90 Å². The smallest absolute Gasteiger partial charge is 0.178 e. The summed E-state index contributed by atoms with van der Waals surface area (Å²) in [6.07, 6.45) is 3.09. The minimum absolute atomic E-state index is 0.173. The molecule has 1 atom stereocenters. The monoisotopic (exact) mass is 433 g/mol. The molecule has 0 aliphatic carbocycles. The van der Waals surface area contributed by atoms with Crippen molar-refractivity contribution in [2.24, 2.45) is 0 Å². The summed E-state index contributed by atoms with van der Waals surface area (Å²) in [5, 5.41) is 0. The quantitative estimate of drug-likeness (QED) is 0.656. The molecule has 1 aliphatic heterocycles. The third-order valence-electron chi connectivity index (χ3n) is 4.65. The zero-order chi connectivity index (χ0) is 19.8. The summed E-state index contributed by atoms with van der Waals surface area (Å²) in [4.78, 5) is 2.44. The highest BCUT2D eigenvalue weighted by Gasteiger charge is 2.52. The van der Waals surface area contributed by atoms with Crippen molar-refractivity contribution < 1.29 is 8.42 Å². The third-order valence-corrected chi connectivity index (χ3v) is 7.73. The van der Waals surface area contributed by atoms with E-state index in [0.29, 0.717) is 14.9 Å². The molecule has 0 N–H and O–H groups in total. The van der Waals surface area contributed by atoms with Gasteiger partial charge in [-0.15, -0.1) is 0 Å². The van der Waals surface area contributed by atoms with Crippen LogP contribution in [0.3, 0.4) is 0 Å². The van der Waals surface area contributed by atoms with Gasteiger partial charge in [0.15, 0.2) is 9.84 Å². The van der Waals surface area contributed by atoms with Crippen molar-refractivity contribution in [1.29, 1.82) is 0 Å². The molecule has 1 unspecified atom stereocenters. The number of rotatable bonds is 3. The Kier molecular flexibility index (Phi) is 5.59. The van der Waals surface area contributed by atoms with E-state index in [-0.39, 0.29) is 4.91 Å². The van der Waals surface area contributed by atoms with Crippen LogP contribution < -0.4 is 0 Å². The van der Waals surface area contributed by atoms with Gasteiger partial charge in [0.25, 0.3) is 0 Å². The van der Waals surface area contributed by atoms with Crippen molar-refractivity contribution in [3.05, 3.63) is 76.7 Å². The first-order valence-electron chi connectivity index (χ1n) is 8.21. The van der Waals surface area contributed by atoms with Gasteiger partial charge in [0, 0.05) is 6.26 Å². The SMILES string of the molecule is CSC(=S)N1C(c2ccccc2)=C(S(C)(=O)=O)C(=S)C1(C)c1ccccc1. The number of hydrogen-bond donors (Lipinski definition) is 0. The lowest BCUT2D eigenvalue weighted by Crippen LogP contribution is -2.45. The van der Waals surface area contributed by atoms with Crippen molar-refractivity contribution in [3.63, 3.8) is 0 Å². The minimum atomic E-state index is -3.57. The molecule has 2 aromatic carbocycles. The summed E-state index contributed by atoms with van der Waals surface area (Å²) >= 11 is 12.9. The number of benzene rings is 2. The van der Waals surface area contributed by atoms with Crippen LogP contribution in [-0.2, 0) is 15.4 Å². The van der Waals surface area contributed by atoms with Crippen molar-refractivity contribution in [3.8, 4) is 0 Å². The van der Waals surface area contributed by atoms with Gasteiger partial charge in [-0.1, -0.05) is 96.9 Å². The maximum atomic E-state index is 12.8. The molecule has 0 aromatic heterocycles. The van der Waals surface area contributed by atoms with Crippen LogP contribution in [0.25, 0.3) is 5.70 Å². The molecule has 140 valence electrons. The average molecular weight is 434 g/mol. The van der Waals surface area contributed by atoms with Crippen LogP contribution in [0, 0.1) is 0 Å². The summed E-state index contributed by atoms with van der Waals surface area (Å²) in [6, 6.07) is 19.1. The fourth-order valence-corrected chi connectivity index (χ4v) is 5.93. The molecule has 0 bridgehead atoms. The fraction of sp³-hybridized carbons (Fsp3) is 0.200. The van der Waals surface area contributed by atoms with E-state index in [4.69, 9.17) is 24.4 Å². The Bertz CT molecular complexity index is 1030. The summed E-state index contributed by atoms with van der Waals surface area (Å²) in [5.41, 5.74) is 1.36. The Balaban J connectivity index is 2.40. The highest BCUT2D eigenvalue weighted by atomic mass is 32.2. The third kappa shape index (κ3) is 3.38. The molecule has 0 radical (unpaired) electrons. The molecular weight excluding hydrogens is 414 g/mol. The first-order chi connectivity index (χ1) is 12.7. The molecule has 0 fully saturated rings. The van der Waals surface area contributed by atoms with E-state index in [9.17, 15) is 8.42 Å². The summed E-state index contributed by atoms with van der Waals surface area (Å²) in [5.74, 6) is 0. The Morgan fingerprint density at radius 1 is 1.04 bits per heavy atom. The van der Waals surface area contributed by atoms with E-state index in [0.717, 1.165) is 11.1 Å². The summed E-state index contributed by atoms with van der Waals surface area (Å²) in [6.45, 7) is 1.94. The number of thioether (sulfide) groups is 1. The highest BCUT2D eigenvalue weighted by molar-refractivity contribution is 8.22. The lowest BCUT2D eigenvalue weighted by molar-refractivity contribution is 0.408. The van der Waals surface area contributed by atoms with Crippen LogP contribution in [0.5, 0.6) is 0 Å². The van der Waals surface area contributed by atoms with Gasteiger partial charge in [-0.25, -0.2) is 8.42 Å². The maximum absolute atomic E-state index is 12.8. The topological polar surface area (TPSA) is 37.4 Å². The largest absolute Gasteiger partial charge is 0.310 e. The first kappa shape index (κ1) is 20.2. The Hall–Kier alpha value is -1.54. The minimum Gasteiger partial charge on any atom is -0.310 e. The first-order valence-corrected chi connectivity index (χ1v) is 12.1. The second-order valence-electron chi connectivity index (χ2n) is 6.39. The van der Waals surface area contributed by atoms with Crippen LogP contribution >= 0.6 is 36.2 Å². The second-order valence-corrected chi connectivity index (χ2v) is 10.2. The van der Waals surface area contributed by atoms with Gasteiger partial charge >= 0.3 is 0 Å². The van der Waals surface area contributed by atoms with Gasteiger partial charge in [-0.05, 0) is 24.3 Å². The lowest BCUT2D eigenvalue weighted by Gasteiger charge is -2.38. The Morgan fingerprint density at radius 3 is 2.04 bits per heavy atom. The molecule has 1 aliphatic rings. The molecule has 0 spiro atoms. The van der Waals surface area contributed by atoms with Crippen molar-refractivity contribution in [2.75, 3.05) is 12.5 Å². The van der Waals surface area contributed by atoms with Gasteiger partial charge in [-0.2, -0.15) is 0 Å². The molecule has 0 amide bonds. The van der Waals surface area contributed by atoms with Crippen LogP contribution in [0.2, 0.25) is 0 Å². The van der Waals surface area contributed by atoms with Crippen LogP contribution in [0.15, 0.2) is 65.6 Å². The predicted molar refractivity (Wildman–Crippen MR) is 123 cm³/mol. The van der Waals surface area contributed by atoms with E-state index in [2.05, 4.69) is 0 Å². The summed E-state index contributed by atoms with van der Waals surface area (Å²) < 4.78 is 26.1. The van der Waals surface area contributed by atoms with Gasteiger partial charge in [0.1, 0.15) is 14.8 Å². The Labute approximate surface area is 175 Å². The van der Waals surface area contributed by atoms with Gasteiger partial charge < -0.3 is 4.90 Å². The van der Waals surface area contributed by atoms with Gasteiger partial charge in [-0.3, -0.25) is 0 Å². The fourth-order valence-electron chi connectivity index (χ4n) is 3.34. The van der Waals surface area contributed by atoms with E-state index < -0.39 is 15.4 Å². The molecule has 0 saturated carbocycles. The van der Waals surface area contributed by atoms with E-state index >= 15 is 0 Å². The molecular formula is C20H19NO2S4. The maximum Gasteiger partial charge on any atom is 0.178 e. The Morgan fingerprint density at radius 2 is 1.56 bits per heavy atom. The van der Waals surface area contributed by atoms with Crippen LogP contribution in [0.1, 0.15) is 18.1 Å². The van der Waals surface area contributed by atoms with E-state index in [1.165, 1.54) is 18.0 Å².